The highest BCUT2D eigenvalue weighted by molar-refractivity contribution is 6.30. The van der Waals surface area contributed by atoms with Crippen LogP contribution in [0.1, 0.15) is 57.6 Å². The zero-order valence-electron chi connectivity index (χ0n) is 16.5. The molecule has 0 N–H and O–H groups in total. The van der Waals surface area contributed by atoms with Crippen molar-refractivity contribution in [2.24, 2.45) is 0 Å². The molecule has 1 radical (unpaired) electrons. The van der Waals surface area contributed by atoms with Crippen molar-refractivity contribution >= 4 is 23.0 Å². The van der Waals surface area contributed by atoms with Gasteiger partial charge in [-0.25, -0.2) is 4.39 Å². The van der Waals surface area contributed by atoms with Crippen molar-refractivity contribution in [3.63, 3.8) is 0 Å². The Labute approximate surface area is 170 Å². The normalized spacial score (nSPS) is 20.8. The number of Topliss-reactive ketones (excluding diaryl/α,β-unsaturated/α-hetero) is 1. The second-order valence-electron chi connectivity index (χ2n) is 8.65. The van der Waals surface area contributed by atoms with Gasteiger partial charge in [-0.1, -0.05) is 23.7 Å². The molecule has 4 rings (SSSR count). The van der Waals surface area contributed by atoms with Gasteiger partial charge in [0.15, 0.2) is 5.78 Å². The van der Waals surface area contributed by atoms with Gasteiger partial charge in [0.25, 0.3) is 0 Å². The molecular formula is C24H23ClFO2. The smallest absolute Gasteiger partial charge is 0.195 e. The topological polar surface area (TPSA) is 26.3 Å². The first-order chi connectivity index (χ1) is 13.1. The first-order valence-electron chi connectivity index (χ1n) is 9.57. The summed E-state index contributed by atoms with van der Waals surface area (Å²) in [6.45, 7) is 7.39. The molecule has 0 spiro atoms. The van der Waals surface area contributed by atoms with Crippen LogP contribution in [0.15, 0.2) is 36.4 Å². The lowest BCUT2D eigenvalue weighted by Crippen LogP contribution is -2.47. The molecule has 1 fully saturated rings. The summed E-state index contributed by atoms with van der Waals surface area (Å²) in [6.07, 6.45) is 5.48. The van der Waals surface area contributed by atoms with Crippen molar-refractivity contribution in [1.29, 1.82) is 0 Å². The van der Waals surface area contributed by atoms with Crippen LogP contribution in [0.5, 0.6) is 0 Å². The Kier molecular flexibility index (Phi) is 4.52. The summed E-state index contributed by atoms with van der Waals surface area (Å²) < 4.78 is 20.4. The second kappa shape index (κ2) is 6.53. The van der Waals surface area contributed by atoms with Crippen LogP contribution in [0, 0.1) is 11.9 Å². The average Bonchev–Trinajstić information content (AvgIpc) is 3.42. The van der Waals surface area contributed by atoms with E-state index in [2.05, 4.69) is 6.08 Å². The second-order valence-corrected chi connectivity index (χ2v) is 9.09. The van der Waals surface area contributed by atoms with Gasteiger partial charge >= 0.3 is 0 Å². The highest BCUT2D eigenvalue weighted by Crippen LogP contribution is 2.46. The lowest BCUT2D eigenvalue weighted by molar-refractivity contribution is -0.151. The third kappa shape index (κ3) is 3.54. The van der Waals surface area contributed by atoms with Crippen LogP contribution in [0.25, 0.3) is 16.7 Å². The first-order valence-corrected chi connectivity index (χ1v) is 9.95. The summed E-state index contributed by atoms with van der Waals surface area (Å²) in [5.41, 5.74) is 2.07. The molecule has 28 heavy (non-hydrogen) atoms. The van der Waals surface area contributed by atoms with E-state index in [1.807, 2.05) is 32.0 Å². The van der Waals surface area contributed by atoms with E-state index in [4.69, 9.17) is 16.3 Å². The van der Waals surface area contributed by atoms with Gasteiger partial charge in [0.2, 0.25) is 0 Å². The van der Waals surface area contributed by atoms with Crippen molar-refractivity contribution in [2.75, 3.05) is 0 Å². The maximum Gasteiger partial charge on any atom is 0.195 e. The highest BCUT2D eigenvalue weighted by Gasteiger charge is 2.43. The Morgan fingerprint density at radius 1 is 1.07 bits per heavy atom. The lowest BCUT2D eigenvalue weighted by Gasteiger charge is -2.38. The number of carbonyl (C=O) groups is 1. The summed E-state index contributed by atoms with van der Waals surface area (Å²) in [5, 5.41) is 0.357. The van der Waals surface area contributed by atoms with Gasteiger partial charge in [-0.15, -0.1) is 0 Å². The minimum absolute atomic E-state index is 0.0950. The molecule has 2 aromatic rings. The van der Waals surface area contributed by atoms with Gasteiger partial charge in [-0.05, 0) is 87.4 Å². The lowest BCUT2D eigenvalue weighted by atomic mass is 9.81. The van der Waals surface area contributed by atoms with Gasteiger partial charge in [0, 0.05) is 22.2 Å². The minimum Gasteiger partial charge on any atom is -0.357 e. The number of ketones is 1. The Hall–Kier alpha value is -1.97. The summed E-state index contributed by atoms with van der Waals surface area (Å²) in [6, 6.07) is 10.5. The van der Waals surface area contributed by atoms with Gasteiger partial charge in [-0.3, -0.25) is 4.79 Å². The number of benzene rings is 2. The van der Waals surface area contributed by atoms with E-state index < -0.39 is 11.2 Å². The molecule has 0 saturated heterocycles. The van der Waals surface area contributed by atoms with E-state index in [1.165, 1.54) is 6.07 Å². The van der Waals surface area contributed by atoms with Crippen molar-refractivity contribution in [3.8, 4) is 11.1 Å². The molecule has 0 bridgehead atoms. The Morgan fingerprint density at radius 2 is 1.79 bits per heavy atom. The molecule has 145 valence electrons. The Morgan fingerprint density at radius 3 is 2.43 bits per heavy atom. The van der Waals surface area contributed by atoms with Gasteiger partial charge in [-0.2, -0.15) is 0 Å². The standard InChI is InChI=1S/C24H23ClFO2/c1-23(2)13-20(22(27)24(3,4)28-23)19-11-15(7-9-17(19)14-5-6-14)18-10-8-16(25)12-21(18)26/h7-12,14H,5-6H2,1-4H3. The molecule has 0 unspecified atom stereocenters. The molecule has 0 atom stereocenters. The van der Waals surface area contributed by atoms with Crippen molar-refractivity contribution in [1.82, 2.24) is 0 Å². The fourth-order valence-electron chi connectivity index (χ4n) is 3.97. The molecule has 1 aliphatic heterocycles. The summed E-state index contributed by atoms with van der Waals surface area (Å²) >= 11 is 5.90. The van der Waals surface area contributed by atoms with Crippen LogP contribution in [-0.4, -0.2) is 17.0 Å². The van der Waals surface area contributed by atoms with E-state index >= 15 is 0 Å². The maximum atomic E-state index is 14.5. The summed E-state index contributed by atoms with van der Waals surface area (Å²) in [5.74, 6) is -0.0349. The maximum absolute atomic E-state index is 14.5. The van der Waals surface area contributed by atoms with Crippen molar-refractivity contribution in [2.45, 2.75) is 57.7 Å². The molecule has 2 nitrogen and oxygen atoms in total. The van der Waals surface area contributed by atoms with E-state index in [1.54, 1.807) is 26.0 Å². The van der Waals surface area contributed by atoms with Crippen molar-refractivity contribution < 1.29 is 13.9 Å². The number of ether oxygens (including phenoxy) is 1. The molecular weight excluding hydrogens is 375 g/mol. The van der Waals surface area contributed by atoms with E-state index in [-0.39, 0.29) is 11.6 Å². The van der Waals surface area contributed by atoms with Gasteiger partial charge < -0.3 is 4.74 Å². The highest BCUT2D eigenvalue weighted by atomic mass is 35.5. The molecule has 4 heteroatoms. The van der Waals surface area contributed by atoms with Crippen molar-refractivity contribution in [3.05, 3.63) is 64.4 Å². The third-order valence-electron chi connectivity index (χ3n) is 5.29. The van der Waals surface area contributed by atoms with Crippen LogP contribution in [0.4, 0.5) is 4.39 Å². The number of hydrogen-bond acceptors (Lipinski definition) is 2. The van der Waals surface area contributed by atoms with Gasteiger partial charge in [0.05, 0.1) is 5.60 Å². The zero-order chi connectivity index (χ0) is 20.3. The number of rotatable bonds is 3. The molecule has 2 aliphatic rings. The predicted octanol–water partition coefficient (Wildman–Crippen LogP) is 6.37. The Bertz CT molecular complexity index is 1000. The number of hydrogen-bond donors (Lipinski definition) is 0. The van der Waals surface area contributed by atoms with Crippen LogP contribution < -0.4 is 0 Å². The quantitative estimate of drug-likeness (QED) is 0.601. The van der Waals surface area contributed by atoms with Gasteiger partial charge in [0.1, 0.15) is 11.4 Å². The summed E-state index contributed by atoms with van der Waals surface area (Å²) in [7, 11) is 0. The monoisotopic (exact) mass is 397 g/mol. The van der Waals surface area contributed by atoms with E-state index in [0.29, 0.717) is 22.1 Å². The molecule has 0 aromatic heterocycles. The first kappa shape index (κ1) is 19.4. The van der Waals surface area contributed by atoms with Crippen LogP contribution in [0.3, 0.4) is 0 Å². The Balaban J connectivity index is 1.90. The zero-order valence-corrected chi connectivity index (χ0v) is 17.3. The predicted molar refractivity (Wildman–Crippen MR) is 110 cm³/mol. The van der Waals surface area contributed by atoms with Crippen LogP contribution in [0.2, 0.25) is 5.02 Å². The third-order valence-corrected chi connectivity index (χ3v) is 5.53. The number of halogens is 2. The minimum atomic E-state index is -0.938. The fraction of sp³-hybridized carbons (Fsp3) is 0.375. The largest absolute Gasteiger partial charge is 0.357 e. The molecule has 1 aliphatic carbocycles. The molecule has 0 amide bonds. The van der Waals surface area contributed by atoms with Crippen LogP contribution >= 0.6 is 11.6 Å². The molecule has 1 heterocycles. The molecule has 1 saturated carbocycles. The summed E-state index contributed by atoms with van der Waals surface area (Å²) in [4.78, 5) is 13.2. The molecule has 2 aromatic carbocycles. The fourth-order valence-corrected chi connectivity index (χ4v) is 4.13. The van der Waals surface area contributed by atoms with E-state index in [0.717, 1.165) is 29.5 Å². The average molecular weight is 398 g/mol. The van der Waals surface area contributed by atoms with E-state index in [9.17, 15) is 9.18 Å². The SMILES string of the molecule is CC1(C)[C]=C(c2cc(-c3ccc(Cl)cc3F)ccc2C2CC2)C(=O)C(C)(C)O1. The number of carbonyl (C=O) groups excluding carboxylic acids is 1. The van der Waals surface area contributed by atoms with Crippen LogP contribution in [-0.2, 0) is 9.53 Å².